The average Bonchev–Trinajstić information content (AvgIpc) is 3.38. The van der Waals surface area contributed by atoms with Gasteiger partial charge < -0.3 is 9.30 Å². The molecule has 1 heterocycles. The van der Waals surface area contributed by atoms with E-state index in [0.717, 1.165) is 28.8 Å². The van der Waals surface area contributed by atoms with Gasteiger partial charge in [-0.2, -0.15) is 0 Å². The molecule has 1 aliphatic rings. The Morgan fingerprint density at radius 3 is 2.58 bits per heavy atom. The second-order valence-corrected chi connectivity index (χ2v) is 6.35. The highest BCUT2D eigenvalue weighted by Crippen LogP contribution is 2.36. The fourth-order valence-corrected chi connectivity index (χ4v) is 3.26. The molecule has 4 rings (SSSR count). The van der Waals surface area contributed by atoms with Gasteiger partial charge in [0.05, 0.1) is 6.61 Å². The minimum Gasteiger partial charge on any atom is -0.460 e. The Morgan fingerprint density at radius 1 is 1.08 bits per heavy atom. The van der Waals surface area contributed by atoms with Crippen molar-refractivity contribution in [2.24, 2.45) is 5.92 Å². The smallest absolute Gasteiger partial charge is 0.379 e. The molecule has 0 bridgehead atoms. The Kier molecular flexibility index (Phi) is 3.60. The lowest BCUT2D eigenvalue weighted by Crippen LogP contribution is -2.17. The summed E-state index contributed by atoms with van der Waals surface area (Å²) in [7, 11) is 0. The highest BCUT2D eigenvalue weighted by Gasteiger charge is 2.24. The van der Waals surface area contributed by atoms with Crippen molar-refractivity contribution in [3.05, 3.63) is 48.0 Å². The van der Waals surface area contributed by atoms with Gasteiger partial charge in [-0.3, -0.25) is 4.79 Å². The van der Waals surface area contributed by atoms with E-state index in [2.05, 4.69) is 16.7 Å². The molecule has 0 unspecified atom stereocenters. The summed E-state index contributed by atoms with van der Waals surface area (Å²) < 4.78 is 7.16. The predicted molar refractivity (Wildman–Crippen MR) is 93.1 cm³/mol. The van der Waals surface area contributed by atoms with Crippen LogP contribution in [-0.2, 0) is 16.1 Å². The van der Waals surface area contributed by atoms with E-state index in [1.807, 2.05) is 24.3 Å². The van der Waals surface area contributed by atoms with Gasteiger partial charge in [0, 0.05) is 33.9 Å². The van der Waals surface area contributed by atoms with Gasteiger partial charge in [-0.25, -0.2) is 4.79 Å². The second kappa shape index (κ2) is 5.78. The molecule has 3 aromatic rings. The van der Waals surface area contributed by atoms with Crippen LogP contribution < -0.4 is 0 Å². The number of rotatable bonds is 5. The number of ketones is 1. The van der Waals surface area contributed by atoms with Gasteiger partial charge in [0.2, 0.25) is 0 Å². The van der Waals surface area contributed by atoms with Crippen LogP contribution in [0.1, 0.15) is 30.1 Å². The first-order valence-corrected chi connectivity index (χ1v) is 8.41. The third kappa shape index (κ3) is 2.48. The van der Waals surface area contributed by atoms with Crippen molar-refractivity contribution in [3.63, 3.8) is 0 Å². The third-order valence-corrected chi connectivity index (χ3v) is 4.63. The van der Waals surface area contributed by atoms with Gasteiger partial charge in [0.15, 0.2) is 0 Å². The molecule has 4 heteroatoms. The topological polar surface area (TPSA) is 48.3 Å². The van der Waals surface area contributed by atoms with Crippen LogP contribution in [0.4, 0.5) is 0 Å². The van der Waals surface area contributed by atoms with Gasteiger partial charge in [-0.15, -0.1) is 0 Å². The lowest BCUT2D eigenvalue weighted by Gasteiger charge is -2.06. The fourth-order valence-electron chi connectivity index (χ4n) is 3.26. The van der Waals surface area contributed by atoms with Gasteiger partial charge >= 0.3 is 5.97 Å². The summed E-state index contributed by atoms with van der Waals surface area (Å²) in [5.74, 6) is -0.624. The molecular weight excluding hydrogens is 302 g/mol. The lowest BCUT2D eigenvalue weighted by molar-refractivity contribution is -0.137. The maximum absolute atomic E-state index is 12.2. The number of aromatic nitrogens is 1. The summed E-state index contributed by atoms with van der Waals surface area (Å²) >= 11 is 0. The standard InChI is InChI=1S/C20H19NO3/c1-2-24-20(23)19(22)14-9-10-18-16(11-14)15-5-3-4-6-17(15)21(18)12-13-7-8-13/h3-6,9-11,13H,2,7-8,12H2,1H3. The van der Waals surface area contributed by atoms with Crippen LogP contribution in [0.3, 0.4) is 0 Å². The Morgan fingerprint density at radius 2 is 1.83 bits per heavy atom. The Labute approximate surface area is 140 Å². The molecule has 0 saturated heterocycles. The fraction of sp³-hybridized carbons (Fsp3) is 0.300. The van der Waals surface area contributed by atoms with Crippen molar-refractivity contribution in [2.75, 3.05) is 6.61 Å². The molecule has 0 radical (unpaired) electrons. The van der Waals surface area contributed by atoms with E-state index >= 15 is 0 Å². The molecular formula is C20H19NO3. The molecule has 0 spiro atoms. The molecule has 1 fully saturated rings. The Hall–Kier alpha value is -2.62. The Balaban J connectivity index is 1.86. The van der Waals surface area contributed by atoms with E-state index < -0.39 is 11.8 Å². The largest absolute Gasteiger partial charge is 0.460 e. The highest BCUT2D eigenvalue weighted by molar-refractivity contribution is 6.41. The second-order valence-electron chi connectivity index (χ2n) is 6.35. The zero-order valence-corrected chi connectivity index (χ0v) is 13.6. The maximum Gasteiger partial charge on any atom is 0.379 e. The molecule has 0 aliphatic heterocycles. The van der Waals surface area contributed by atoms with E-state index in [9.17, 15) is 9.59 Å². The first-order chi connectivity index (χ1) is 11.7. The van der Waals surface area contributed by atoms with Crippen LogP contribution in [0.2, 0.25) is 0 Å². The summed E-state index contributed by atoms with van der Waals surface area (Å²) in [6.45, 7) is 2.91. The van der Waals surface area contributed by atoms with Gasteiger partial charge in [0.1, 0.15) is 0 Å². The molecule has 0 amide bonds. The minimum atomic E-state index is -0.793. The summed E-state index contributed by atoms with van der Waals surface area (Å²) in [5, 5.41) is 2.13. The molecule has 1 aliphatic carbocycles. The summed E-state index contributed by atoms with van der Waals surface area (Å²) in [4.78, 5) is 24.0. The monoisotopic (exact) mass is 321 g/mol. The normalized spacial score (nSPS) is 14.2. The van der Waals surface area contributed by atoms with Gasteiger partial charge in [-0.1, -0.05) is 18.2 Å². The molecule has 0 N–H and O–H groups in total. The van der Waals surface area contributed by atoms with E-state index in [4.69, 9.17) is 4.74 Å². The average molecular weight is 321 g/mol. The summed E-state index contributed by atoms with van der Waals surface area (Å²) in [6.07, 6.45) is 2.57. The zero-order valence-electron chi connectivity index (χ0n) is 13.6. The lowest BCUT2D eigenvalue weighted by atomic mass is 10.1. The number of benzene rings is 2. The molecule has 122 valence electrons. The minimum absolute atomic E-state index is 0.202. The number of carbonyl (C=O) groups excluding carboxylic acids is 2. The van der Waals surface area contributed by atoms with Gasteiger partial charge in [0.25, 0.3) is 5.78 Å². The van der Waals surface area contributed by atoms with Crippen molar-refractivity contribution in [3.8, 4) is 0 Å². The van der Waals surface area contributed by atoms with Crippen molar-refractivity contribution in [1.29, 1.82) is 0 Å². The molecule has 24 heavy (non-hydrogen) atoms. The Bertz CT molecular complexity index is 950. The van der Waals surface area contributed by atoms with Gasteiger partial charge in [-0.05, 0) is 49.9 Å². The first-order valence-electron chi connectivity index (χ1n) is 8.41. The highest BCUT2D eigenvalue weighted by atomic mass is 16.5. The summed E-state index contributed by atoms with van der Waals surface area (Å²) in [5.41, 5.74) is 2.68. The third-order valence-electron chi connectivity index (χ3n) is 4.63. The van der Waals surface area contributed by atoms with E-state index in [1.54, 1.807) is 13.0 Å². The van der Waals surface area contributed by atoms with Crippen LogP contribution in [0.5, 0.6) is 0 Å². The molecule has 1 aromatic heterocycles. The number of esters is 1. The maximum atomic E-state index is 12.2. The van der Waals surface area contributed by atoms with E-state index in [0.29, 0.717) is 5.56 Å². The molecule has 2 aromatic carbocycles. The number of para-hydroxylation sites is 1. The molecule has 1 saturated carbocycles. The summed E-state index contributed by atoms with van der Waals surface area (Å²) in [6, 6.07) is 13.7. The van der Waals surface area contributed by atoms with E-state index in [1.165, 1.54) is 18.4 Å². The first kappa shape index (κ1) is 14.9. The quantitative estimate of drug-likeness (QED) is 0.406. The molecule has 0 atom stereocenters. The van der Waals surface area contributed by atoms with Crippen LogP contribution in [0, 0.1) is 5.92 Å². The van der Waals surface area contributed by atoms with Crippen molar-refractivity contribution in [1.82, 2.24) is 4.57 Å². The number of fused-ring (bicyclic) bond motifs is 3. The molecule has 4 nitrogen and oxygen atoms in total. The van der Waals surface area contributed by atoms with Crippen molar-refractivity contribution < 1.29 is 14.3 Å². The SMILES string of the molecule is CCOC(=O)C(=O)c1ccc2c(c1)c1ccccc1n2CC1CC1. The van der Waals surface area contributed by atoms with Crippen LogP contribution >= 0.6 is 0 Å². The van der Waals surface area contributed by atoms with Crippen molar-refractivity contribution >= 4 is 33.6 Å². The van der Waals surface area contributed by atoms with E-state index in [-0.39, 0.29) is 6.61 Å². The van der Waals surface area contributed by atoms with Crippen LogP contribution in [-0.4, -0.2) is 22.9 Å². The van der Waals surface area contributed by atoms with Crippen LogP contribution in [0.15, 0.2) is 42.5 Å². The number of hydrogen-bond donors (Lipinski definition) is 0. The number of hydrogen-bond acceptors (Lipinski definition) is 3. The number of Topliss-reactive ketones (excluding diaryl/α,β-unsaturated/α-hetero) is 1. The number of nitrogens with zero attached hydrogens (tertiary/aromatic N) is 1. The number of carbonyl (C=O) groups is 2. The number of ether oxygens (including phenoxy) is 1. The zero-order chi connectivity index (χ0) is 16.7. The predicted octanol–water partition coefficient (Wildman–Crippen LogP) is 3.95. The van der Waals surface area contributed by atoms with Crippen molar-refractivity contribution in [2.45, 2.75) is 26.3 Å². The van der Waals surface area contributed by atoms with Crippen LogP contribution in [0.25, 0.3) is 21.8 Å².